The Kier molecular flexibility index (Phi) is 4.68. The zero-order valence-electron chi connectivity index (χ0n) is 9.54. The van der Waals surface area contributed by atoms with Crippen molar-refractivity contribution in [2.75, 3.05) is 6.61 Å². The largest absolute Gasteiger partial charge is 0.466 e. The second-order valence-electron chi connectivity index (χ2n) is 3.36. The normalized spacial score (nSPS) is 9.61. The van der Waals surface area contributed by atoms with Crippen LogP contribution in [0.5, 0.6) is 0 Å². The monoisotopic (exact) mass is 266 g/mol. The minimum Gasteiger partial charge on any atom is -0.466 e. The average molecular weight is 266 g/mol. The number of hydrogen-bond donors (Lipinski definition) is 1. The van der Waals surface area contributed by atoms with E-state index in [2.05, 4.69) is 12.6 Å². The van der Waals surface area contributed by atoms with E-state index in [9.17, 15) is 14.9 Å². The summed E-state index contributed by atoms with van der Waals surface area (Å²) in [4.78, 5) is 21.4. The lowest BCUT2D eigenvalue weighted by Crippen LogP contribution is -2.08. The summed E-state index contributed by atoms with van der Waals surface area (Å²) in [5.41, 5.74) is -0.0131. The first-order chi connectivity index (χ1) is 8.49. The Morgan fingerprint density at radius 1 is 1.61 bits per heavy atom. The molecule has 0 bridgehead atoms. The molecule has 0 aliphatic rings. The van der Waals surface area contributed by atoms with Gasteiger partial charge in [-0.05, 0) is 24.6 Å². The van der Waals surface area contributed by atoms with Crippen molar-refractivity contribution in [2.45, 2.75) is 18.2 Å². The molecule has 0 N–H and O–H groups in total. The van der Waals surface area contributed by atoms with E-state index >= 15 is 0 Å². The number of nitrogens with zero attached hydrogens (tertiary/aromatic N) is 2. The van der Waals surface area contributed by atoms with Gasteiger partial charge >= 0.3 is 5.97 Å². The molecule has 0 saturated heterocycles. The van der Waals surface area contributed by atoms with Crippen molar-refractivity contribution in [3.8, 4) is 6.07 Å². The van der Waals surface area contributed by atoms with Crippen LogP contribution in [0.1, 0.15) is 18.1 Å². The summed E-state index contributed by atoms with van der Waals surface area (Å²) in [6.07, 6.45) is -0.0475. The Hall–Kier alpha value is -2.07. The zero-order chi connectivity index (χ0) is 13.7. The number of nitro benzene ring substituents is 1. The summed E-state index contributed by atoms with van der Waals surface area (Å²) in [6.45, 7) is 1.93. The minimum atomic E-state index is -0.672. The van der Waals surface area contributed by atoms with Crippen LogP contribution in [0.25, 0.3) is 0 Å². The molecule has 0 saturated carbocycles. The third-order valence-corrected chi connectivity index (χ3v) is 2.45. The van der Waals surface area contributed by atoms with Crippen LogP contribution in [-0.4, -0.2) is 17.5 Å². The average Bonchev–Trinajstić information content (AvgIpc) is 2.27. The molecule has 0 spiro atoms. The first-order valence-corrected chi connectivity index (χ1v) is 5.50. The van der Waals surface area contributed by atoms with E-state index in [1.54, 1.807) is 13.0 Å². The van der Waals surface area contributed by atoms with Gasteiger partial charge in [0.1, 0.15) is 11.6 Å². The molecule has 0 amide bonds. The number of thiol groups is 1. The number of carbonyl (C=O) groups excluding carboxylic acids is 1. The highest BCUT2D eigenvalue weighted by Gasteiger charge is 2.20. The third kappa shape index (κ3) is 3.21. The molecule has 6 nitrogen and oxygen atoms in total. The number of benzene rings is 1. The second kappa shape index (κ2) is 6.02. The van der Waals surface area contributed by atoms with Crippen molar-refractivity contribution < 1.29 is 14.5 Å². The molecule has 0 fully saturated rings. The van der Waals surface area contributed by atoms with Gasteiger partial charge in [0, 0.05) is 0 Å². The molecule has 0 heterocycles. The Balaban J connectivity index is 3.12. The van der Waals surface area contributed by atoms with Crippen LogP contribution in [0.3, 0.4) is 0 Å². The van der Waals surface area contributed by atoms with Crippen LogP contribution >= 0.6 is 12.6 Å². The maximum absolute atomic E-state index is 11.3. The van der Waals surface area contributed by atoms with Crippen molar-refractivity contribution in [3.05, 3.63) is 33.4 Å². The smallest absolute Gasteiger partial charge is 0.310 e. The molecule has 0 atom stereocenters. The highest BCUT2D eigenvalue weighted by molar-refractivity contribution is 7.80. The topological polar surface area (TPSA) is 93.2 Å². The van der Waals surface area contributed by atoms with Crippen LogP contribution in [0.15, 0.2) is 17.0 Å². The molecule has 0 aliphatic carbocycles. The maximum Gasteiger partial charge on any atom is 0.310 e. The van der Waals surface area contributed by atoms with Gasteiger partial charge < -0.3 is 4.74 Å². The molecule has 0 aromatic heterocycles. The van der Waals surface area contributed by atoms with Gasteiger partial charge in [-0.2, -0.15) is 5.26 Å². The van der Waals surface area contributed by atoms with E-state index in [4.69, 9.17) is 10.00 Å². The SMILES string of the molecule is CCOC(=O)Cc1cc(S)c([N+](=O)[O-])c(C#N)c1. The third-order valence-electron chi connectivity index (χ3n) is 2.11. The van der Waals surface area contributed by atoms with Crippen LogP contribution in [0, 0.1) is 21.4 Å². The number of nitriles is 1. The van der Waals surface area contributed by atoms with Gasteiger partial charge in [0.2, 0.25) is 0 Å². The summed E-state index contributed by atoms with van der Waals surface area (Å²) in [5, 5.41) is 19.6. The van der Waals surface area contributed by atoms with Gasteiger partial charge in [0.15, 0.2) is 0 Å². The molecule has 0 unspecified atom stereocenters. The van der Waals surface area contributed by atoms with Crippen molar-refractivity contribution in [3.63, 3.8) is 0 Å². The molecule has 1 aromatic rings. The molecule has 1 aromatic carbocycles. The fraction of sp³-hybridized carbons (Fsp3) is 0.273. The van der Waals surface area contributed by atoms with Crippen LogP contribution in [-0.2, 0) is 16.0 Å². The van der Waals surface area contributed by atoms with Crippen molar-refractivity contribution in [1.82, 2.24) is 0 Å². The van der Waals surface area contributed by atoms with E-state index < -0.39 is 10.9 Å². The van der Waals surface area contributed by atoms with E-state index in [-0.39, 0.29) is 29.2 Å². The predicted octanol–water partition coefficient (Wildman–Crippen LogP) is 1.86. The number of ether oxygens (including phenoxy) is 1. The van der Waals surface area contributed by atoms with Crippen LogP contribution in [0.2, 0.25) is 0 Å². The number of carbonyl (C=O) groups is 1. The zero-order valence-corrected chi connectivity index (χ0v) is 10.4. The molecule has 18 heavy (non-hydrogen) atoms. The first kappa shape index (κ1) is 14.0. The lowest BCUT2D eigenvalue weighted by molar-refractivity contribution is -0.388. The van der Waals surface area contributed by atoms with Crippen molar-refractivity contribution in [2.24, 2.45) is 0 Å². The fourth-order valence-electron chi connectivity index (χ4n) is 1.44. The quantitative estimate of drug-likeness (QED) is 0.388. The Labute approximate surface area is 109 Å². The fourth-order valence-corrected chi connectivity index (χ4v) is 1.80. The van der Waals surface area contributed by atoms with Crippen LogP contribution in [0.4, 0.5) is 5.69 Å². The van der Waals surface area contributed by atoms with E-state index in [0.717, 1.165) is 0 Å². The highest BCUT2D eigenvalue weighted by Crippen LogP contribution is 2.28. The molecule has 1 rings (SSSR count). The number of esters is 1. The Morgan fingerprint density at radius 3 is 2.78 bits per heavy atom. The molecule has 7 heteroatoms. The minimum absolute atomic E-state index is 0.0475. The predicted molar refractivity (Wildman–Crippen MR) is 65.4 cm³/mol. The number of hydrogen-bond acceptors (Lipinski definition) is 6. The van der Waals surface area contributed by atoms with Crippen molar-refractivity contribution >= 4 is 24.3 Å². The highest BCUT2D eigenvalue weighted by atomic mass is 32.1. The van der Waals surface area contributed by atoms with Gasteiger partial charge in [0.25, 0.3) is 5.69 Å². The summed E-state index contributed by atoms with van der Waals surface area (Å²) < 4.78 is 4.76. The van der Waals surface area contributed by atoms with E-state index in [0.29, 0.717) is 5.56 Å². The summed E-state index contributed by atoms with van der Waals surface area (Å²) in [7, 11) is 0. The summed E-state index contributed by atoms with van der Waals surface area (Å²) >= 11 is 3.96. The number of nitro groups is 1. The van der Waals surface area contributed by atoms with Gasteiger partial charge in [-0.15, -0.1) is 12.6 Å². The van der Waals surface area contributed by atoms with Crippen molar-refractivity contribution in [1.29, 1.82) is 5.26 Å². The second-order valence-corrected chi connectivity index (χ2v) is 3.84. The Morgan fingerprint density at radius 2 is 2.28 bits per heavy atom. The molecule has 94 valence electrons. The van der Waals surface area contributed by atoms with Gasteiger partial charge in [-0.3, -0.25) is 14.9 Å². The lowest BCUT2D eigenvalue weighted by Gasteiger charge is -2.04. The van der Waals surface area contributed by atoms with Crippen LogP contribution < -0.4 is 0 Å². The standard InChI is InChI=1S/C11H10N2O4S/c1-2-17-10(14)5-7-3-8(6-12)11(13(15)16)9(18)4-7/h3-4,18H,2,5H2,1H3. The summed E-state index contributed by atoms with van der Waals surface area (Å²) in [6, 6.07) is 4.41. The number of rotatable bonds is 4. The first-order valence-electron chi connectivity index (χ1n) is 5.05. The molecular formula is C11H10N2O4S. The van der Waals surface area contributed by atoms with Gasteiger partial charge in [-0.1, -0.05) is 0 Å². The lowest BCUT2D eigenvalue weighted by atomic mass is 10.1. The maximum atomic E-state index is 11.3. The molecule has 0 radical (unpaired) electrons. The molecule has 0 aliphatic heterocycles. The summed E-state index contributed by atoms with van der Waals surface area (Å²) in [5.74, 6) is -0.456. The molecular weight excluding hydrogens is 256 g/mol. The van der Waals surface area contributed by atoms with E-state index in [1.807, 2.05) is 0 Å². The van der Waals surface area contributed by atoms with Gasteiger partial charge in [-0.25, -0.2) is 0 Å². The van der Waals surface area contributed by atoms with E-state index in [1.165, 1.54) is 12.1 Å². The Bertz CT molecular complexity index is 537. The van der Waals surface area contributed by atoms with Gasteiger partial charge in [0.05, 0.1) is 22.8 Å².